The van der Waals surface area contributed by atoms with Gasteiger partial charge in [0.2, 0.25) is 0 Å². The van der Waals surface area contributed by atoms with E-state index in [1.54, 1.807) is 0 Å². The second-order valence-corrected chi connectivity index (χ2v) is 3.84. The molecule has 0 aliphatic rings. The van der Waals surface area contributed by atoms with Gasteiger partial charge in [0.15, 0.2) is 0 Å². The predicted octanol–water partition coefficient (Wildman–Crippen LogP) is 3.41. The van der Waals surface area contributed by atoms with E-state index in [1.165, 1.54) is 0 Å². The molecule has 0 amide bonds. The van der Waals surface area contributed by atoms with Crippen LogP contribution in [0.25, 0.3) is 0 Å². The zero-order valence-corrected chi connectivity index (χ0v) is 9.16. The molecule has 1 aromatic rings. The number of rotatable bonds is 4. The highest BCUT2D eigenvalue weighted by molar-refractivity contribution is 5.87. The van der Waals surface area contributed by atoms with Gasteiger partial charge in [0, 0.05) is 11.8 Å². The van der Waals surface area contributed by atoms with Crippen LogP contribution in [0.15, 0.2) is 30.3 Å². The van der Waals surface area contributed by atoms with Gasteiger partial charge in [-0.05, 0) is 12.0 Å². The minimum atomic E-state index is 0.0335. The van der Waals surface area contributed by atoms with Gasteiger partial charge in [-0.2, -0.15) is 0 Å². The van der Waals surface area contributed by atoms with E-state index in [-0.39, 0.29) is 11.8 Å². The lowest BCUT2D eigenvalue weighted by Gasteiger charge is -2.14. The van der Waals surface area contributed by atoms with Crippen molar-refractivity contribution in [3.63, 3.8) is 0 Å². The third-order valence-corrected chi connectivity index (χ3v) is 2.82. The SMILES string of the molecule is CC[C@@H](C)C(=O)C(C)c1ccccc1. The summed E-state index contributed by atoms with van der Waals surface area (Å²) >= 11 is 0. The highest BCUT2D eigenvalue weighted by Gasteiger charge is 2.19. The van der Waals surface area contributed by atoms with Gasteiger partial charge >= 0.3 is 0 Å². The summed E-state index contributed by atoms with van der Waals surface area (Å²) in [5, 5.41) is 0. The van der Waals surface area contributed by atoms with Crippen LogP contribution in [-0.2, 0) is 4.79 Å². The van der Waals surface area contributed by atoms with Crippen molar-refractivity contribution in [2.75, 3.05) is 0 Å². The zero-order chi connectivity index (χ0) is 10.6. The largest absolute Gasteiger partial charge is 0.299 e. The van der Waals surface area contributed by atoms with Gasteiger partial charge in [0.05, 0.1) is 0 Å². The summed E-state index contributed by atoms with van der Waals surface area (Å²) in [5.74, 6) is 0.551. The van der Waals surface area contributed by atoms with Crippen LogP contribution in [0, 0.1) is 5.92 Å². The Morgan fingerprint density at radius 2 is 1.79 bits per heavy atom. The Morgan fingerprint density at radius 3 is 2.29 bits per heavy atom. The van der Waals surface area contributed by atoms with Crippen molar-refractivity contribution in [2.24, 2.45) is 5.92 Å². The van der Waals surface area contributed by atoms with Crippen LogP contribution in [0.2, 0.25) is 0 Å². The maximum atomic E-state index is 11.9. The number of hydrogen-bond donors (Lipinski definition) is 0. The second kappa shape index (κ2) is 4.94. The molecular weight excluding hydrogens is 172 g/mol. The summed E-state index contributed by atoms with van der Waals surface area (Å²) in [4.78, 5) is 11.9. The van der Waals surface area contributed by atoms with Gasteiger partial charge in [0.25, 0.3) is 0 Å². The molecule has 2 atom stereocenters. The number of carbonyl (C=O) groups is 1. The minimum absolute atomic E-state index is 0.0335. The first-order chi connectivity index (χ1) is 6.66. The fraction of sp³-hybridized carbons (Fsp3) is 0.462. The lowest BCUT2D eigenvalue weighted by Crippen LogP contribution is -2.17. The first-order valence-corrected chi connectivity index (χ1v) is 5.25. The maximum Gasteiger partial charge on any atom is 0.142 e. The molecule has 0 bridgehead atoms. The minimum Gasteiger partial charge on any atom is -0.299 e. The zero-order valence-electron chi connectivity index (χ0n) is 9.16. The molecule has 0 radical (unpaired) electrons. The van der Waals surface area contributed by atoms with Crippen LogP contribution in [0.3, 0.4) is 0 Å². The summed E-state index contributed by atoms with van der Waals surface area (Å²) < 4.78 is 0. The molecule has 1 nitrogen and oxygen atoms in total. The molecule has 1 heteroatoms. The summed E-state index contributed by atoms with van der Waals surface area (Å²) in [6, 6.07) is 9.98. The Morgan fingerprint density at radius 1 is 1.21 bits per heavy atom. The van der Waals surface area contributed by atoms with Crippen molar-refractivity contribution in [1.29, 1.82) is 0 Å². The number of ketones is 1. The Balaban J connectivity index is 2.76. The molecular formula is C13H18O. The van der Waals surface area contributed by atoms with Gasteiger partial charge in [-0.3, -0.25) is 4.79 Å². The molecule has 1 unspecified atom stereocenters. The van der Waals surface area contributed by atoms with Crippen molar-refractivity contribution < 1.29 is 4.79 Å². The molecule has 0 saturated carbocycles. The van der Waals surface area contributed by atoms with Gasteiger partial charge < -0.3 is 0 Å². The molecule has 1 rings (SSSR count). The third kappa shape index (κ3) is 2.44. The van der Waals surface area contributed by atoms with Crippen LogP contribution in [0.4, 0.5) is 0 Å². The molecule has 0 aliphatic heterocycles. The van der Waals surface area contributed by atoms with Crippen LogP contribution in [0.5, 0.6) is 0 Å². The molecule has 0 spiro atoms. The first-order valence-electron chi connectivity index (χ1n) is 5.25. The standard InChI is InChI=1S/C13H18O/c1-4-10(2)13(14)11(3)12-8-6-5-7-9-12/h5-11H,4H2,1-3H3/t10-,11?/m1/s1. The summed E-state index contributed by atoms with van der Waals surface area (Å²) in [6.07, 6.45) is 0.927. The van der Waals surface area contributed by atoms with Crippen molar-refractivity contribution in [3.8, 4) is 0 Å². The molecule has 76 valence electrons. The molecule has 0 N–H and O–H groups in total. The molecule has 14 heavy (non-hydrogen) atoms. The van der Waals surface area contributed by atoms with Crippen molar-refractivity contribution in [2.45, 2.75) is 33.1 Å². The smallest absolute Gasteiger partial charge is 0.142 e. The monoisotopic (exact) mass is 190 g/mol. The van der Waals surface area contributed by atoms with Crippen LogP contribution < -0.4 is 0 Å². The van der Waals surface area contributed by atoms with Crippen molar-refractivity contribution in [1.82, 2.24) is 0 Å². The molecule has 0 fully saturated rings. The second-order valence-electron chi connectivity index (χ2n) is 3.84. The normalized spacial score (nSPS) is 14.8. The van der Waals surface area contributed by atoms with Gasteiger partial charge in [-0.15, -0.1) is 0 Å². The van der Waals surface area contributed by atoms with Crippen LogP contribution in [-0.4, -0.2) is 5.78 Å². The van der Waals surface area contributed by atoms with Gasteiger partial charge in [0.1, 0.15) is 5.78 Å². The molecule has 1 aromatic carbocycles. The van der Waals surface area contributed by atoms with E-state index in [9.17, 15) is 4.79 Å². The topological polar surface area (TPSA) is 17.1 Å². The average Bonchev–Trinajstić information content (AvgIpc) is 2.27. The lowest BCUT2D eigenvalue weighted by atomic mass is 9.88. The fourth-order valence-corrected chi connectivity index (χ4v) is 1.53. The first kappa shape index (κ1) is 11.0. The Kier molecular flexibility index (Phi) is 3.87. The van der Waals surface area contributed by atoms with Crippen LogP contribution >= 0.6 is 0 Å². The molecule has 0 saturated heterocycles. The Labute approximate surface area is 86.1 Å². The van der Waals surface area contributed by atoms with E-state index >= 15 is 0 Å². The quantitative estimate of drug-likeness (QED) is 0.711. The summed E-state index contributed by atoms with van der Waals surface area (Å²) in [5.41, 5.74) is 1.12. The van der Waals surface area contributed by atoms with Gasteiger partial charge in [-0.25, -0.2) is 0 Å². The van der Waals surface area contributed by atoms with E-state index < -0.39 is 0 Å². The average molecular weight is 190 g/mol. The molecule has 0 aromatic heterocycles. The van der Waals surface area contributed by atoms with Crippen LogP contribution in [0.1, 0.15) is 38.7 Å². The number of benzene rings is 1. The number of hydrogen-bond acceptors (Lipinski definition) is 1. The van der Waals surface area contributed by atoms with E-state index in [2.05, 4.69) is 6.92 Å². The number of Topliss-reactive ketones (excluding diaryl/α,β-unsaturated/α-hetero) is 1. The highest BCUT2D eigenvalue weighted by atomic mass is 16.1. The highest BCUT2D eigenvalue weighted by Crippen LogP contribution is 2.20. The molecule has 0 heterocycles. The van der Waals surface area contributed by atoms with E-state index in [0.717, 1.165) is 12.0 Å². The fourth-order valence-electron chi connectivity index (χ4n) is 1.53. The lowest BCUT2D eigenvalue weighted by molar-refractivity contribution is -0.123. The Bertz CT molecular complexity index is 289. The molecule has 0 aliphatic carbocycles. The van der Waals surface area contributed by atoms with Gasteiger partial charge in [-0.1, -0.05) is 51.1 Å². The van der Waals surface area contributed by atoms with E-state index in [4.69, 9.17) is 0 Å². The summed E-state index contributed by atoms with van der Waals surface area (Å²) in [6.45, 7) is 6.05. The summed E-state index contributed by atoms with van der Waals surface area (Å²) in [7, 11) is 0. The van der Waals surface area contributed by atoms with Crippen molar-refractivity contribution >= 4 is 5.78 Å². The van der Waals surface area contributed by atoms with Crippen molar-refractivity contribution in [3.05, 3.63) is 35.9 Å². The maximum absolute atomic E-state index is 11.9. The van der Waals surface area contributed by atoms with E-state index in [1.807, 2.05) is 44.2 Å². The Hall–Kier alpha value is -1.11. The third-order valence-electron chi connectivity index (χ3n) is 2.82. The predicted molar refractivity (Wildman–Crippen MR) is 59.3 cm³/mol. The van der Waals surface area contributed by atoms with E-state index in [0.29, 0.717) is 5.78 Å². The number of carbonyl (C=O) groups excluding carboxylic acids is 1.